The molecule has 0 heterocycles. The molecule has 11 atom stereocenters. The van der Waals surface area contributed by atoms with Gasteiger partial charge in [0.05, 0.1) is 24.2 Å². The molecule has 0 amide bonds. The Morgan fingerprint density at radius 2 is 1.60 bits per heavy atom. The molecule has 0 radical (unpaired) electrons. The molecule has 0 spiro atoms. The van der Waals surface area contributed by atoms with Crippen molar-refractivity contribution >= 4 is 5.97 Å². The lowest BCUT2D eigenvalue weighted by atomic mass is 9.33. The van der Waals surface area contributed by atoms with E-state index in [2.05, 4.69) is 40.7 Å². The summed E-state index contributed by atoms with van der Waals surface area (Å²) < 4.78 is 0. The number of hydrogen-bond acceptors (Lipinski definition) is 4. The number of aliphatic carboxylic acids is 1. The molecule has 5 rings (SSSR count). The highest BCUT2D eigenvalue weighted by molar-refractivity contribution is 5.75. The lowest BCUT2D eigenvalue weighted by molar-refractivity contribution is -0.217. The van der Waals surface area contributed by atoms with Crippen LogP contribution in [-0.2, 0) is 4.79 Å². The number of allylic oxidation sites excluding steroid dienone is 2. The molecule has 5 heteroatoms. The molecule has 0 aromatic rings. The first-order valence-electron chi connectivity index (χ1n) is 14.0. The summed E-state index contributed by atoms with van der Waals surface area (Å²) in [6.07, 6.45) is 9.24. The number of hydrogen-bond donors (Lipinski definition) is 4. The second kappa shape index (κ2) is 7.57. The van der Waals surface area contributed by atoms with Gasteiger partial charge in [-0.25, -0.2) is 0 Å². The van der Waals surface area contributed by atoms with Crippen LogP contribution in [0.25, 0.3) is 0 Å². The molecule has 0 aromatic heterocycles. The number of aliphatic hydroxyl groups is 3. The fourth-order valence-electron chi connectivity index (χ4n) is 10.7. The summed E-state index contributed by atoms with van der Waals surface area (Å²) >= 11 is 0. The van der Waals surface area contributed by atoms with Gasteiger partial charge in [-0.1, -0.05) is 46.3 Å². The van der Waals surface area contributed by atoms with Crippen molar-refractivity contribution in [3.05, 3.63) is 11.6 Å². The molecule has 0 aliphatic heterocycles. The van der Waals surface area contributed by atoms with E-state index < -0.39 is 29.0 Å². The maximum atomic E-state index is 12.3. The highest BCUT2D eigenvalue weighted by atomic mass is 16.4. The molecular formula is C30H48O5. The van der Waals surface area contributed by atoms with E-state index >= 15 is 0 Å². The van der Waals surface area contributed by atoms with Crippen molar-refractivity contribution in [2.24, 2.45) is 50.2 Å². The first-order chi connectivity index (χ1) is 16.1. The van der Waals surface area contributed by atoms with Gasteiger partial charge >= 0.3 is 5.97 Å². The van der Waals surface area contributed by atoms with Crippen LogP contribution >= 0.6 is 0 Å². The van der Waals surface area contributed by atoms with Crippen molar-refractivity contribution in [3.63, 3.8) is 0 Å². The molecule has 198 valence electrons. The zero-order valence-corrected chi connectivity index (χ0v) is 22.7. The zero-order valence-electron chi connectivity index (χ0n) is 22.7. The molecule has 5 aliphatic carbocycles. The molecule has 5 nitrogen and oxygen atoms in total. The summed E-state index contributed by atoms with van der Waals surface area (Å²) in [5.74, 6) is 0.0847. The molecule has 4 saturated carbocycles. The summed E-state index contributed by atoms with van der Waals surface area (Å²) in [5.41, 5.74) is 0.00866. The van der Waals surface area contributed by atoms with Crippen LogP contribution in [0.2, 0.25) is 0 Å². The van der Waals surface area contributed by atoms with Crippen molar-refractivity contribution in [1.82, 2.24) is 0 Å². The maximum absolute atomic E-state index is 12.3. The fourth-order valence-corrected chi connectivity index (χ4v) is 10.7. The van der Waals surface area contributed by atoms with Gasteiger partial charge in [0, 0.05) is 5.41 Å². The van der Waals surface area contributed by atoms with E-state index in [0.29, 0.717) is 24.7 Å². The minimum absolute atomic E-state index is 0.00145. The van der Waals surface area contributed by atoms with Gasteiger partial charge in [0.2, 0.25) is 0 Å². The molecule has 5 aliphatic rings. The van der Waals surface area contributed by atoms with Gasteiger partial charge in [0.1, 0.15) is 0 Å². The first-order valence-corrected chi connectivity index (χ1v) is 14.0. The standard InChI is InChI=1S/C30H48O5/c1-25-13-14-29(5)18(19(25)15-27(3,24(34)35)23(33)16-25)7-8-21-26(2)11-10-22(32)28(4,17-31)20(26)9-12-30(21,29)6/h7,19-23,31-33H,8-17H2,1-6H3,(H,34,35)/t19-,20+,21+,22-,23+,25-,26-,27+,28+,29+,30+/m0/s1. The third-order valence-electron chi connectivity index (χ3n) is 13.6. The van der Waals surface area contributed by atoms with Crippen LogP contribution in [0.4, 0.5) is 0 Å². The summed E-state index contributed by atoms with van der Waals surface area (Å²) in [7, 11) is 0. The molecule has 35 heavy (non-hydrogen) atoms. The Balaban J connectivity index is 1.57. The van der Waals surface area contributed by atoms with Crippen LogP contribution < -0.4 is 0 Å². The van der Waals surface area contributed by atoms with Crippen molar-refractivity contribution in [2.75, 3.05) is 6.61 Å². The quantitative estimate of drug-likeness (QED) is 0.402. The monoisotopic (exact) mass is 488 g/mol. The average Bonchev–Trinajstić information content (AvgIpc) is 2.79. The van der Waals surface area contributed by atoms with Crippen molar-refractivity contribution in [2.45, 2.75) is 112 Å². The van der Waals surface area contributed by atoms with Gasteiger partial charge < -0.3 is 20.4 Å². The van der Waals surface area contributed by atoms with Gasteiger partial charge in [0.25, 0.3) is 0 Å². The minimum atomic E-state index is -1.10. The highest BCUT2D eigenvalue weighted by Gasteiger charge is 2.69. The van der Waals surface area contributed by atoms with Gasteiger partial charge in [-0.2, -0.15) is 0 Å². The molecule has 0 bridgehead atoms. The minimum Gasteiger partial charge on any atom is -0.481 e. The zero-order chi connectivity index (χ0) is 25.8. The summed E-state index contributed by atoms with van der Waals surface area (Å²) in [6.45, 7) is 13.6. The van der Waals surface area contributed by atoms with Crippen LogP contribution in [0, 0.1) is 50.2 Å². The Labute approximate surface area is 211 Å². The molecule has 0 aromatic carbocycles. The van der Waals surface area contributed by atoms with Gasteiger partial charge in [-0.05, 0) is 104 Å². The van der Waals surface area contributed by atoms with Crippen molar-refractivity contribution in [3.8, 4) is 0 Å². The van der Waals surface area contributed by atoms with Crippen LogP contribution in [0.5, 0.6) is 0 Å². The molecule has 0 saturated heterocycles. The number of carboxylic acid groups (broad SMARTS) is 1. The number of carbonyl (C=O) groups is 1. The lowest BCUT2D eigenvalue weighted by Gasteiger charge is -2.71. The topological polar surface area (TPSA) is 98.0 Å². The second-order valence-electron chi connectivity index (χ2n) is 14.9. The predicted molar refractivity (Wildman–Crippen MR) is 135 cm³/mol. The largest absolute Gasteiger partial charge is 0.481 e. The van der Waals surface area contributed by atoms with E-state index in [4.69, 9.17) is 0 Å². The van der Waals surface area contributed by atoms with E-state index in [0.717, 1.165) is 44.9 Å². The van der Waals surface area contributed by atoms with Crippen molar-refractivity contribution < 1.29 is 25.2 Å². The Bertz CT molecular complexity index is 945. The van der Waals surface area contributed by atoms with Crippen LogP contribution in [0.1, 0.15) is 99.3 Å². The van der Waals surface area contributed by atoms with Crippen LogP contribution in [0.15, 0.2) is 11.6 Å². The van der Waals surface area contributed by atoms with Crippen LogP contribution in [0.3, 0.4) is 0 Å². The Hall–Kier alpha value is -0.910. The predicted octanol–water partition coefficient (Wildman–Crippen LogP) is 5.18. The van der Waals surface area contributed by atoms with E-state index in [1.807, 2.05) is 0 Å². The second-order valence-corrected chi connectivity index (χ2v) is 14.9. The summed E-state index contributed by atoms with van der Waals surface area (Å²) in [5, 5.41) is 42.3. The first kappa shape index (κ1) is 25.7. The van der Waals surface area contributed by atoms with Gasteiger partial charge in [0.15, 0.2) is 0 Å². The average molecular weight is 489 g/mol. The van der Waals surface area contributed by atoms with Gasteiger partial charge in [-0.3, -0.25) is 4.79 Å². The molecule has 0 unspecified atom stereocenters. The smallest absolute Gasteiger partial charge is 0.312 e. The highest BCUT2D eigenvalue weighted by Crippen LogP contribution is 2.75. The number of aliphatic hydroxyl groups excluding tert-OH is 3. The SMILES string of the molecule is C[C@@]12CC[C@]3(C)C(=CC[C@@H]4[C@@]5(C)CC[C@H](O)[C@](C)(CO)[C@@H]5CC[C@]43C)[C@@H]1C[C@@](C)(C(=O)O)[C@H](O)C2. The molecule has 4 fully saturated rings. The Kier molecular flexibility index (Phi) is 5.56. The third-order valence-corrected chi connectivity index (χ3v) is 13.6. The van der Waals surface area contributed by atoms with E-state index in [9.17, 15) is 25.2 Å². The van der Waals surface area contributed by atoms with Crippen LogP contribution in [-0.4, -0.2) is 45.2 Å². The number of rotatable bonds is 2. The lowest BCUT2D eigenvalue weighted by Crippen LogP contribution is -2.66. The Morgan fingerprint density at radius 1 is 0.914 bits per heavy atom. The molecular weight excluding hydrogens is 440 g/mol. The number of carboxylic acids is 1. The van der Waals surface area contributed by atoms with E-state index in [-0.39, 0.29) is 34.2 Å². The summed E-state index contributed by atoms with van der Waals surface area (Å²) in [6, 6.07) is 0. The summed E-state index contributed by atoms with van der Waals surface area (Å²) in [4.78, 5) is 12.3. The normalized spacial score (nSPS) is 57.7. The maximum Gasteiger partial charge on any atom is 0.312 e. The number of fused-ring (bicyclic) bond motifs is 7. The molecule has 4 N–H and O–H groups in total. The van der Waals surface area contributed by atoms with Gasteiger partial charge in [-0.15, -0.1) is 0 Å². The van der Waals surface area contributed by atoms with E-state index in [1.54, 1.807) is 6.92 Å². The fraction of sp³-hybridized carbons (Fsp3) is 0.900. The Morgan fingerprint density at radius 3 is 2.23 bits per heavy atom. The van der Waals surface area contributed by atoms with Crippen molar-refractivity contribution in [1.29, 1.82) is 0 Å². The third kappa shape index (κ3) is 3.01. The van der Waals surface area contributed by atoms with E-state index in [1.165, 1.54) is 5.57 Å².